The van der Waals surface area contributed by atoms with Crippen molar-refractivity contribution in [2.45, 2.75) is 58.3 Å². The standard InChI is InChI=1S/C17H24N4O8S/c1-8(22)19-13-15(28-11(4)25)14(27-10(3)24)12(6-26-9(2)23)29-16(13)21-17(30)20(5)7-18-21/h7,12-16H,6H2,1-5H3,(H,19,22)/t12-,13+,14+,15-,16-/m0/s1. The second-order valence-corrected chi connectivity index (χ2v) is 7.08. The Hall–Kier alpha value is -2.80. The molecule has 0 radical (unpaired) electrons. The second-order valence-electron chi connectivity index (χ2n) is 6.71. The van der Waals surface area contributed by atoms with E-state index in [1.54, 1.807) is 11.6 Å². The van der Waals surface area contributed by atoms with Gasteiger partial charge < -0.3 is 28.8 Å². The number of ether oxygens (including phenoxy) is 4. The zero-order valence-electron chi connectivity index (χ0n) is 17.2. The van der Waals surface area contributed by atoms with Gasteiger partial charge >= 0.3 is 17.9 Å². The molecule has 5 atom stereocenters. The molecule has 0 aliphatic carbocycles. The summed E-state index contributed by atoms with van der Waals surface area (Å²) in [5, 5.41) is 6.82. The van der Waals surface area contributed by atoms with Crippen molar-refractivity contribution in [3.05, 3.63) is 11.1 Å². The first-order valence-corrected chi connectivity index (χ1v) is 9.42. The Morgan fingerprint density at radius 3 is 2.17 bits per heavy atom. The number of rotatable bonds is 6. The summed E-state index contributed by atoms with van der Waals surface area (Å²) in [4.78, 5) is 46.7. The van der Waals surface area contributed by atoms with Gasteiger partial charge in [0.05, 0.1) is 0 Å². The maximum atomic E-state index is 11.9. The number of aromatic nitrogens is 3. The third kappa shape index (κ3) is 5.63. The number of nitrogens with one attached hydrogen (secondary N) is 1. The summed E-state index contributed by atoms with van der Waals surface area (Å²) in [7, 11) is 1.67. The van der Waals surface area contributed by atoms with Gasteiger partial charge in [0, 0.05) is 34.7 Å². The van der Waals surface area contributed by atoms with Crippen LogP contribution in [-0.4, -0.2) is 69.1 Å². The van der Waals surface area contributed by atoms with Crippen LogP contribution in [0.15, 0.2) is 6.33 Å². The lowest BCUT2D eigenvalue weighted by Crippen LogP contribution is -2.64. The smallest absolute Gasteiger partial charge is 0.303 e. The van der Waals surface area contributed by atoms with E-state index in [1.807, 2.05) is 0 Å². The molecule has 1 saturated heterocycles. The van der Waals surface area contributed by atoms with E-state index in [1.165, 1.54) is 38.7 Å². The fourth-order valence-corrected chi connectivity index (χ4v) is 3.28. The molecule has 0 unspecified atom stereocenters. The number of esters is 3. The molecule has 2 rings (SSSR count). The monoisotopic (exact) mass is 444 g/mol. The average molecular weight is 444 g/mol. The molecule has 2 heterocycles. The molecular formula is C17H24N4O8S. The molecule has 1 amide bonds. The van der Waals surface area contributed by atoms with E-state index < -0.39 is 54.4 Å². The van der Waals surface area contributed by atoms with E-state index in [4.69, 9.17) is 31.2 Å². The zero-order valence-corrected chi connectivity index (χ0v) is 18.0. The van der Waals surface area contributed by atoms with E-state index in [2.05, 4.69) is 10.4 Å². The van der Waals surface area contributed by atoms with Gasteiger partial charge in [0.1, 0.15) is 25.1 Å². The van der Waals surface area contributed by atoms with Crippen LogP contribution >= 0.6 is 12.2 Å². The quantitative estimate of drug-likeness (QED) is 0.356. The summed E-state index contributed by atoms with van der Waals surface area (Å²) in [6, 6.07) is -1.01. The van der Waals surface area contributed by atoms with Gasteiger partial charge in [0.15, 0.2) is 23.2 Å². The first-order valence-electron chi connectivity index (χ1n) is 9.01. The molecule has 0 bridgehead atoms. The largest absolute Gasteiger partial charge is 0.463 e. The molecule has 1 aliphatic rings. The number of carbonyl (C=O) groups is 4. The van der Waals surface area contributed by atoms with Gasteiger partial charge in [-0.05, 0) is 12.2 Å². The van der Waals surface area contributed by atoms with Crippen LogP contribution in [-0.2, 0) is 45.2 Å². The van der Waals surface area contributed by atoms with Crippen LogP contribution < -0.4 is 5.32 Å². The minimum Gasteiger partial charge on any atom is -0.463 e. The predicted molar refractivity (Wildman–Crippen MR) is 101 cm³/mol. The maximum Gasteiger partial charge on any atom is 0.303 e. The topological polar surface area (TPSA) is 140 Å². The van der Waals surface area contributed by atoms with Crippen LogP contribution in [0.4, 0.5) is 0 Å². The van der Waals surface area contributed by atoms with Crippen molar-refractivity contribution in [1.29, 1.82) is 0 Å². The second kappa shape index (κ2) is 9.80. The lowest BCUT2D eigenvalue weighted by Gasteiger charge is -2.45. The first kappa shape index (κ1) is 23.5. The molecule has 1 aliphatic heterocycles. The van der Waals surface area contributed by atoms with E-state index in [9.17, 15) is 19.2 Å². The lowest BCUT2D eigenvalue weighted by molar-refractivity contribution is -0.239. The summed E-state index contributed by atoms with van der Waals surface area (Å²) < 4.78 is 24.9. The van der Waals surface area contributed by atoms with Gasteiger partial charge in [-0.15, -0.1) is 0 Å². The molecular weight excluding hydrogens is 420 g/mol. The highest BCUT2D eigenvalue weighted by atomic mass is 32.1. The van der Waals surface area contributed by atoms with E-state index >= 15 is 0 Å². The van der Waals surface area contributed by atoms with Crippen LogP contribution in [0, 0.1) is 4.77 Å². The lowest BCUT2D eigenvalue weighted by atomic mass is 9.95. The van der Waals surface area contributed by atoms with Crippen molar-refractivity contribution >= 4 is 36.0 Å². The number of amides is 1. The molecule has 1 aromatic heterocycles. The number of nitrogens with zero attached hydrogens (tertiary/aromatic N) is 3. The van der Waals surface area contributed by atoms with Gasteiger partial charge in [-0.3, -0.25) is 19.2 Å². The van der Waals surface area contributed by atoms with Crippen molar-refractivity contribution in [3.8, 4) is 0 Å². The van der Waals surface area contributed by atoms with Gasteiger partial charge in [-0.1, -0.05) is 0 Å². The molecule has 0 spiro atoms. The molecule has 1 aromatic rings. The highest BCUT2D eigenvalue weighted by Gasteiger charge is 2.52. The van der Waals surface area contributed by atoms with Crippen molar-refractivity contribution in [1.82, 2.24) is 19.7 Å². The molecule has 1 N–H and O–H groups in total. The summed E-state index contributed by atoms with van der Waals surface area (Å²) in [5.74, 6) is -2.39. The molecule has 166 valence electrons. The number of hydrogen-bond donors (Lipinski definition) is 1. The van der Waals surface area contributed by atoms with Crippen molar-refractivity contribution in [2.75, 3.05) is 6.61 Å². The number of aryl methyl sites for hydroxylation is 1. The van der Waals surface area contributed by atoms with Crippen molar-refractivity contribution in [2.24, 2.45) is 7.05 Å². The average Bonchev–Trinajstić information content (AvgIpc) is 2.94. The van der Waals surface area contributed by atoms with Crippen LogP contribution in [0.3, 0.4) is 0 Å². The molecule has 1 fully saturated rings. The highest BCUT2D eigenvalue weighted by molar-refractivity contribution is 7.71. The fraction of sp³-hybridized carbons (Fsp3) is 0.647. The Balaban J connectivity index is 2.56. The normalized spacial score (nSPS) is 25.8. The number of hydrogen-bond acceptors (Lipinski definition) is 10. The molecule has 30 heavy (non-hydrogen) atoms. The molecule has 0 aromatic carbocycles. The van der Waals surface area contributed by atoms with Crippen LogP contribution in [0.5, 0.6) is 0 Å². The van der Waals surface area contributed by atoms with Crippen molar-refractivity contribution in [3.63, 3.8) is 0 Å². The summed E-state index contributed by atoms with van der Waals surface area (Å²) in [5.41, 5.74) is 0. The minimum absolute atomic E-state index is 0.258. The van der Waals surface area contributed by atoms with Gasteiger partial charge in [-0.25, -0.2) is 4.68 Å². The predicted octanol–water partition coefficient (Wildman–Crippen LogP) is -0.220. The molecule has 13 heteroatoms. The minimum atomic E-state index is -1.17. The van der Waals surface area contributed by atoms with Crippen molar-refractivity contribution < 1.29 is 38.1 Å². The van der Waals surface area contributed by atoms with Gasteiger partial charge in [-0.2, -0.15) is 5.10 Å². The zero-order chi connectivity index (χ0) is 22.6. The first-order chi connectivity index (χ1) is 14.0. The third-order valence-corrected chi connectivity index (χ3v) is 4.65. The SMILES string of the molecule is CC(=O)N[C@@H]1[C@H](OC(C)=O)[C@H](OC(C)=O)[C@H](COC(C)=O)O[C@@H]1n1ncn(C)c1=S. The highest BCUT2D eigenvalue weighted by Crippen LogP contribution is 2.32. The molecule has 0 saturated carbocycles. The maximum absolute atomic E-state index is 11.9. The Bertz CT molecular complexity index is 881. The Labute approximate surface area is 177 Å². The van der Waals surface area contributed by atoms with Crippen LogP contribution in [0.2, 0.25) is 0 Å². The summed E-state index contributed by atoms with van der Waals surface area (Å²) >= 11 is 5.34. The Morgan fingerprint density at radius 1 is 1.10 bits per heavy atom. The van der Waals surface area contributed by atoms with Crippen LogP contribution in [0.1, 0.15) is 33.9 Å². The summed E-state index contributed by atoms with van der Waals surface area (Å²) in [6.45, 7) is 4.52. The summed E-state index contributed by atoms with van der Waals surface area (Å²) in [6.07, 6.45) is -2.97. The Morgan fingerprint density at radius 2 is 1.70 bits per heavy atom. The fourth-order valence-electron chi connectivity index (χ4n) is 3.09. The molecule has 12 nitrogen and oxygen atoms in total. The third-order valence-electron chi connectivity index (χ3n) is 4.18. The van der Waals surface area contributed by atoms with E-state index in [-0.39, 0.29) is 11.4 Å². The van der Waals surface area contributed by atoms with Gasteiger partial charge in [0.2, 0.25) is 5.91 Å². The van der Waals surface area contributed by atoms with E-state index in [0.29, 0.717) is 0 Å². The Kier molecular flexibility index (Phi) is 7.67. The van der Waals surface area contributed by atoms with E-state index in [0.717, 1.165) is 0 Å². The number of carbonyl (C=O) groups excluding carboxylic acids is 4. The van der Waals surface area contributed by atoms with Crippen LogP contribution in [0.25, 0.3) is 0 Å². The van der Waals surface area contributed by atoms with Gasteiger partial charge in [0.25, 0.3) is 0 Å².